The quantitative estimate of drug-likeness (QED) is 0.626. The van der Waals surface area contributed by atoms with Crippen molar-refractivity contribution in [2.45, 2.75) is 0 Å². The van der Waals surface area contributed by atoms with Crippen molar-refractivity contribution in [2.24, 2.45) is 0 Å². The Balaban J connectivity index is 1.76. The highest BCUT2D eigenvalue weighted by Gasteiger charge is 2.08. The minimum absolute atomic E-state index is 0.221. The largest absolute Gasteiger partial charge is 0.484 e. The van der Waals surface area contributed by atoms with Crippen LogP contribution in [0.3, 0.4) is 0 Å². The summed E-state index contributed by atoms with van der Waals surface area (Å²) < 4.78 is 6.17. The van der Waals surface area contributed by atoms with Gasteiger partial charge in [0.1, 0.15) is 10.9 Å². The molecule has 0 aliphatic heterocycles. The molecule has 8 heteroatoms. The smallest absolute Gasteiger partial charge is 0.276 e. The van der Waals surface area contributed by atoms with Crippen LogP contribution >= 0.6 is 27.5 Å². The third kappa shape index (κ3) is 5.01. The van der Waals surface area contributed by atoms with Crippen LogP contribution in [-0.4, -0.2) is 23.4 Å². The van der Waals surface area contributed by atoms with Crippen LogP contribution in [0, 0.1) is 0 Å². The SMILES string of the molecule is O=C(COc1ccc(Br)cc1)NNC(=O)c1ccc(Cl)nc1. The Hall–Kier alpha value is -2.12. The molecule has 0 aliphatic carbocycles. The Morgan fingerprint density at radius 2 is 1.86 bits per heavy atom. The summed E-state index contributed by atoms with van der Waals surface area (Å²) in [5, 5.41) is 0.281. The van der Waals surface area contributed by atoms with Crippen LogP contribution in [-0.2, 0) is 4.79 Å². The molecule has 2 aromatic rings. The van der Waals surface area contributed by atoms with E-state index in [1.807, 2.05) is 0 Å². The number of nitrogens with zero attached hydrogens (tertiary/aromatic N) is 1. The van der Waals surface area contributed by atoms with Crippen molar-refractivity contribution in [3.8, 4) is 5.75 Å². The number of hydrogen-bond acceptors (Lipinski definition) is 4. The normalized spacial score (nSPS) is 9.91. The van der Waals surface area contributed by atoms with Gasteiger partial charge in [-0.1, -0.05) is 27.5 Å². The summed E-state index contributed by atoms with van der Waals surface area (Å²) in [7, 11) is 0. The Bertz CT molecular complexity index is 662. The minimum Gasteiger partial charge on any atom is -0.484 e. The van der Waals surface area contributed by atoms with Crippen LogP contribution in [0.5, 0.6) is 5.75 Å². The Morgan fingerprint density at radius 1 is 1.14 bits per heavy atom. The van der Waals surface area contributed by atoms with Gasteiger partial charge in [0.2, 0.25) is 0 Å². The summed E-state index contributed by atoms with van der Waals surface area (Å²) in [6, 6.07) is 10.00. The summed E-state index contributed by atoms with van der Waals surface area (Å²) in [6.45, 7) is -0.221. The fourth-order valence-electron chi connectivity index (χ4n) is 1.42. The topological polar surface area (TPSA) is 80.3 Å². The van der Waals surface area contributed by atoms with E-state index in [9.17, 15) is 9.59 Å². The fourth-order valence-corrected chi connectivity index (χ4v) is 1.80. The van der Waals surface area contributed by atoms with Crippen molar-refractivity contribution in [1.82, 2.24) is 15.8 Å². The lowest BCUT2D eigenvalue weighted by molar-refractivity contribution is -0.123. The zero-order valence-corrected chi connectivity index (χ0v) is 13.5. The highest BCUT2D eigenvalue weighted by Crippen LogP contribution is 2.15. The first-order valence-corrected chi connectivity index (χ1v) is 7.31. The van der Waals surface area contributed by atoms with Crippen LogP contribution in [0.15, 0.2) is 47.1 Å². The molecule has 0 aliphatic rings. The van der Waals surface area contributed by atoms with E-state index in [4.69, 9.17) is 16.3 Å². The number of hydrazine groups is 1. The molecule has 114 valence electrons. The predicted molar refractivity (Wildman–Crippen MR) is 84.5 cm³/mol. The molecule has 2 rings (SSSR count). The third-order valence-corrected chi connectivity index (χ3v) is 3.24. The number of halogens is 2. The number of benzene rings is 1. The summed E-state index contributed by atoms with van der Waals surface area (Å²) in [6.07, 6.45) is 1.31. The van der Waals surface area contributed by atoms with Crippen molar-refractivity contribution in [1.29, 1.82) is 0 Å². The monoisotopic (exact) mass is 383 g/mol. The summed E-state index contributed by atoms with van der Waals surface area (Å²) in [5.74, 6) is -0.439. The Labute approximate surface area is 139 Å². The standard InChI is InChI=1S/C14H11BrClN3O3/c15-10-2-4-11(5-3-10)22-8-13(20)18-19-14(21)9-1-6-12(16)17-7-9/h1-7H,8H2,(H,18,20)(H,19,21). The molecular weight excluding hydrogens is 374 g/mol. The van der Waals surface area contributed by atoms with Crippen molar-refractivity contribution >= 4 is 39.3 Å². The van der Waals surface area contributed by atoms with E-state index >= 15 is 0 Å². The van der Waals surface area contributed by atoms with Gasteiger partial charge in [0, 0.05) is 10.7 Å². The molecule has 0 atom stereocenters. The van der Waals surface area contributed by atoms with Crippen molar-refractivity contribution in [3.63, 3.8) is 0 Å². The zero-order valence-electron chi connectivity index (χ0n) is 11.2. The molecule has 0 spiro atoms. The lowest BCUT2D eigenvalue weighted by atomic mass is 10.3. The van der Waals surface area contributed by atoms with E-state index in [-0.39, 0.29) is 17.3 Å². The van der Waals surface area contributed by atoms with Crippen LogP contribution in [0.25, 0.3) is 0 Å². The first-order valence-electron chi connectivity index (χ1n) is 6.14. The maximum absolute atomic E-state index is 11.7. The molecule has 0 unspecified atom stereocenters. The molecule has 2 N–H and O–H groups in total. The molecule has 0 bridgehead atoms. The van der Waals surface area contributed by atoms with Gasteiger partial charge in [-0.2, -0.15) is 0 Å². The molecule has 1 aromatic heterocycles. The van der Waals surface area contributed by atoms with Gasteiger partial charge in [0.05, 0.1) is 5.56 Å². The van der Waals surface area contributed by atoms with Crippen LogP contribution in [0.2, 0.25) is 5.15 Å². The third-order valence-electron chi connectivity index (χ3n) is 2.49. The molecule has 1 heterocycles. The maximum Gasteiger partial charge on any atom is 0.276 e. The van der Waals surface area contributed by atoms with Gasteiger partial charge in [-0.15, -0.1) is 0 Å². The van der Waals surface area contributed by atoms with Gasteiger partial charge in [-0.25, -0.2) is 4.98 Å². The van der Waals surface area contributed by atoms with Crippen molar-refractivity contribution in [3.05, 3.63) is 57.8 Å². The number of carbonyl (C=O) groups is 2. The van der Waals surface area contributed by atoms with Gasteiger partial charge in [-0.05, 0) is 36.4 Å². The molecule has 0 fully saturated rings. The first kappa shape index (κ1) is 16.3. The first-order chi connectivity index (χ1) is 10.5. The predicted octanol–water partition coefficient (Wildman–Crippen LogP) is 2.34. The maximum atomic E-state index is 11.7. The van der Waals surface area contributed by atoms with Crippen molar-refractivity contribution < 1.29 is 14.3 Å². The van der Waals surface area contributed by atoms with Crippen molar-refractivity contribution in [2.75, 3.05) is 6.61 Å². The number of carbonyl (C=O) groups excluding carboxylic acids is 2. The number of nitrogens with one attached hydrogen (secondary N) is 2. The van der Waals surface area contributed by atoms with Crippen LogP contribution < -0.4 is 15.6 Å². The number of hydrogen-bond donors (Lipinski definition) is 2. The number of aromatic nitrogens is 1. The van der Waals surface area contributed by atoms with Gasteiger partial charge >= 0.3 is 0 Å². The van der Waals surface area contributed by atoms with Gasteiger partial charge in [0.15, 0.2) is 6.61 Å². The molecule has 0 saturated heterocycles. The number of ether oxygens (including phenoxy) is 1. The molecule has 6 nitrogen and oxygen atoms in total. The fraction of sp³-hybridized carbons (Fsp3) is 0.0714. The van der Waals surface area contributed by atoms with E-state index in [1.54, 1.807) is 24.3 Å². The second kappa shape index (κ2) is 7.77. The molecular formula is C14H11BrClN3O3. The Kier molecular flexibility index (Phi) is 5.74. The molecule has 2 amide bonds. The lowest BCUT2D eigenvalue weighted by Crippen LogP contribution is -2.43. The molecule has 22 heavy (non-hydrogen) atoms. The van der Waals surface area contributed by atoms with Crippen LogP contribution in [0.1, 0.15) is 10.4 Å². The highest BCUT2D eigenvalue weighted by atomic mass is 79.9. The van der Waals surface area contributed by atoms with E-state index in [2.05, 4.69) is 31.8 Å². The van der Waals surface area contributed by atoms with Gasteiger partial charge < -0.3 is 4.74 Å². The van der Waals surface area contributed by atoms with Gasteiger partial charge in [-0.3, -0.25) is 20.4 Å². The number of pyridine rings is 1. The van der Waals surface area contributed by atoms with Gasteiger partial charge in [0.25, 0.3) is 11.8 Å². The highest BCUT2D eigenvalue weighted by molar-refractivity contribution is 9.10. The minimum atomic E-state index is -0.499. The number of rotatable bonds is 4. The summed E-state index contributed by atoms with van der Waals surface area (Å²) in [4.78, 5) is 27.1. The van der Waals surface area contributed by atoms with E-state index in [0.29, 0.717) is 5.75 Å². The zero-order chi connectivity index (χ0) is 15.9. The lowest BCUT2D eigenvalue weighted by Gasteiger charge is -2.08. The van der Waals surface area contributed by atoms with Crippen LogP contribution in [0.4, 0.5) is 0 Å². The average Bonchev–Trinajstić information content (AvgIpc) is 2.52. The van der Waals surface area contributed by atoms with E-state index in [0.717, 1.165) is 4.47 Å². The summed E-state index contributed by atoms with van der Waals surface area (Å²) in [5.41, 5.74) is 4.77. The molecule has 1 aromatic carbocycles. The molecule has 0 saturated carbocycles. The number of amides is 2. The Morgan fingerprint density at radius 3 is 2.50 bits per heavy atom. The second-order valence-corrected chi connectivity index (χ2v) is 5.42. The molecule has 0 radical (unpaired) electrons. The average molecular weight is 385 g/mol. The second-order valence-electron chi connectivity index (χ2n) is 4.11. The van der Waals surface area contributed by atoms with E-state index in [1.165, 1.54) is 18.3 Å². The summed E-state index contributed by atoms with van der Waals surface area (Å²) >= 11 is 8.92. The van der Waals surface area contributed by atoms with E-state index < -0.39 is 11.8 Å².